The summed E-state index contributed by atoms with van der Waals surface area (Å²) >= 11 is 0. The summed E-state index contributed by atoms with van der Waals surface area (Å²) < 4.78 is 26.2. The molecule has 0 atom stereocenters. The molecule has 18 heavy (non-hydrogen) atoms. The van der Waals surface area contributed by atoms with Gasteiger partial charge in [0.05, 0.1) is 11.5 Å². The first-order valence-electron chi connectivity index (χ1n) is 5.96. The molecule has 0 saturated carbocycles. The third-order valence-corrected chi connectivity index (χ3v) is 4.84. The van der Waals surface area contributed by atoms with Crippen LogP contribution in [0.15, 0.2) is 23.1 Å². The Morgan fingerprint density at radius 2 is 1.94 bits per heavy atom. The first-order chi connectivity index (χ1) is 8.30. The second kappa shape index (κ2) is 5.82. The van der Waals surface area contributed by atoms with E-state index < -0.39 is 10.0 Å². The van der Waals surface area contributed by atoms with Gasteiger partial charge in [-0.15, -0.1) is 0 Å². The van der Waals surface area contributed by atoms with Gasteiger partial charge in [-0.3, -0.25) is 0 Å². The first kappa shape index (κ1) is 15.1. The second-order valence-corrected chi connectivity index (χ2v) is 6.89. The standard InChI is InChI=1S/C13H21NO3S/c1-10(2)8-14(4)18(16,17)13-7-5-6-12(9-15)11(13)3/h5-7,10,15H,8-9H2,1-4H3. The zero-order valence-corrected chi connectivity index (χ0v) is 12.2. The highest BCUT2D eigenvalue weighted by atomic mass is 32.2. The number of benzene rings is 1. The fourth-order valence-electron chi connectivity index (χ4n) is 1.89. The van der Waals surface area contributed by atoms with Crippen LogP contribution < -0.4 is 0 Å². The Hall–Kier alpha value is -0.910. The van der Waals surface area contributed by atoms with Crippen molar-refractivity contribution in [1.82, 2.24) is 4.31 Å². The molecule has 0 aliphatic rings. The second-order valence-electron chi connectivity index (χ2n) is 4.88. The van der Waals surface area contributed by atoms with E-state index in [1.54, 1.807) is 32.2 Å². The van der Waals surface area contributed by atoms with Gasteiger partial charge in [-0.05, 0) is 30.0 Å². The summed E-state index contributed by atoms with van der Waals surface area (Å²) in [5, 5.41) is 9.18. The van der Waals surface area contributed by atoms with E-state index in [0.717, 1.165) is 0 Å². The molecule has 0 unspecified atom stereocenters. The van der Waals surface area contributed by atoms with Crippen LogP contribution in [-0.4, -0.2) is 31.4 Å². The van der Waals surface area contributed by atoms with Gasteiger partial charge in [-0.1, -0.05) is 26.0 Å². The molecule has 1 aromatic rings. The van der Waals surface area contributed by atoms with E-state index in [1.807, 2.05) is 13.8 Å². The molecule has 0 heterocycles. The molecule has 0 aliphatic heterocycles. The molecule has 1 rings (SSSR count). The monoisotopic (exact) mass is 271 g/mol. The average molecular weight is 271 g/mol. The highest BCUT2D eigenvalue weighted by Gasteiger charge is 2.23. The van der Waals surface area contributed by atoms with Crippen molar-refractivity contribution in [3.63, 3.8) is 0 Å². The largest absolute Gasteiger partial charge is 0.392 e. The first-order valence-corrected chi connectivity index (χ1v) is 7.40. The molecule has 0 aliphatic carbocycles. The van der Waals surface area contributed by atoms with Gasteiger partial charge in [0, 0.05) is 13.6 Å². The maximum Gasteiger partial charge on any atom is 0.243 e. The van der Waals surface area contributed by atoms with Crippen molar-refractivity contribution in [2.75, 3.05) is 13.6 Å². The van der Waals surface area contributed by atoms with Crippen LogP contribution in [0.5, 0.6) is 0 Å². The van der Waals surface area contributed by atoms with E-state index in [0.29, 0.717) is 17.7 Å². The summed E-state index contributed by atoms with van der Waals surface area (Å²) in [5.41, 5.74) is 1.27. The van der Waals surface area contributed by atoms with Crippen molar-refractivity contribution in [1.29, 1.82) is 0 Å². The number of aliphatic hydroxyl groups excluding tert-OH is 1. The molecular weight excluding hydrogens is 250 g/mol. The third-order valence-electron chi connectivity index (χ3n) is 2.88. The lowest BCUT2D eigenvalue weighted by Crippen LogP contribution is -2.31. The van der Waals surface area contributed by atoms with Crippen molar-refractivity contribution in [2.24, 2.45) is 5.92 Å². The summed E-state index contributed by atoms with van der Waals surface area (Å²) in [4.78, 5) is 0.275. The topological polar surface area (TPSA) is 57.6 Å². The van der Waals surface area contributed by atoms with Crippen molar-refractivity contribution in [2.45, 2.75) is 32.3 Å². The van der Waals surface area contributed by atoms with E-state index in [4.69, 9.17) is 0 Å². The minimum atomic E-state index is -3.48. The van der Waals surface area contributed by atoms with Crippen LogP contribution in [0, 0.1) is 12.8 Å². The molecule has 4 nitrogen and oxygen atoms in total. The van der Waals surface area contributed by atoms with Crippen molar-refractivity contribution in [3.8, 4) is 0 Å². The zero-order chi connectivity index (χ0) is 13.9. The number of aliphatic hydroxyl groups is 1. The van der Waals surface area contributed by atoms with Gasteiger partial charge in [0.1, 0.15) is 0 Å². The molecule has 1 aromatic carbocycles. The Bertz CT molecular complexity index is 509. The predicted molar refractivity (Wildman–Crippen MR) is 71.8 cm³/mol. The van der Waals surface area contributed by atoms with Crippen LogP contribution in [0.3, 0.4) is 0 Å². The highest BCUT2D eigenvalue weighted by molar-refractivity contribution is 7.89. The van der Waals surface area contributed by atoms with Gasteiger partial charge >= 0.3 is 0 Å². The van der Waals surface area contributed by atoms with Crippen molar-refractivity contribution >= 4 is 10.0 Å². The summed E-state index contributed by atoms with van der Waals surface area (Å²) in [7, 11) is -1.89. The number of sulfonamides is 1. The quantitative estimate of drug-likeness (QED) is 0.888. The predicted octanol–water partition coefficient (Wildman–Crippen LogP) is 1.76. The molecule has 5 heteroatoms. The molecule has 0 fully saturated rings. The number of rotatable bonds is 5. The smallest absolute Gasteiger partial charge is 0.243 e. The minimum Gasteiger partial charge on any atom is -0.392 e. The van der Waals surface area contributed by atoms with Crippen molar-refractivity contribution in [3.05, 3.63) is 29.3 Å². The van der Waals surface area contributed by atoms with E-state index in [2.05, 4.69) is 0 Å². The molecule has 0 aromatic heterocycles. The molecule has 102 valence electrons. The van der Waals surface area contributed by atoms with Crippen LogP contribution >= 0.6 is 0 Å². The van der Waals surface area contributed by atoms with E-state index in [1.165, 1.54) is 4.31 Å². The summed E-state index contributed by atoms with van der Waals surface area (Å²) in [6, 6.07) is 4.98. The van der Waals surface area contributed by atoms with Crippen LogP contribution in [0.4, 0.5) is 0 Å². The number of hydrogen-bond acceptors (Lipinski definition) is 3. The minimum absolute atomic E-state index is 0.150. The summed E-state index contributed by atoms with van der Waals surface area (Å²) in [6.07, 6.45) is 0. The van der Waals surface area contributed by atoms with Gasteiger partial charge in [0.2, 0.25) is 10.0 Å². The fraction of sp³-hybridized carbons (Fsp3) is 0.538. The van der Waals surface area contributed by atoms with E-state index in [9.17, 15) is 13.5 Å². The Labute approximate surface area is 109 Å². The van der Waals surface area contributed by atoms with Gasteiger partial charge in [0.25, 0.3) is 0 Å². The molecule has 0 spiro atoms. The Morgan fingerprint density at radius 1 is 1.33 bits per heavy atom. The van der Waals surface area contributed by atoms with Crippen LogP contribution in [-0.2, 0) is 16.6 Å². The Morgan fingerprint density at radius 3 is 2.44 bits per heavy atom. The van der Waals surface area contributed by atoms with Gasteiger partial charge < -0.3 is 5.11 Å². The van der Waals surface area contributed by atoms with Crippen molar-refractivity contribution < 1.29 is 13.5 Å². The van der Waals surface area contributed by atoms with E-state index >= 15 is 0 Å². The number of nitrogens with zero attached hydrogens (tertiary/aromatic N) is 1. The highest BCUT2D eigenvalue weighted by Crippen LogP contribution is 2.22. The Balaban J connectivity index is 3.20. The lowest BCUT2D eigenvalue weighted by Gasteiger charge is -2.21. The van der Waals surface area contributed by atoms with Gasteiger partial charge in [-0.2, -0.15) is 0 Å². The van der Waals surface area contributed by atoms with Crippen LogP contribution in [0.2, 0.25) is 0 Å². The lowest BCUT2D eigenvalue weighted by molar-refractivity contribution is 0.280. The van der Waals surface area contributed by atoms with Crippen LogP contribution in [0.25, 0.3) is 0 Å². The molecule has 0 saturated heterocycles. The van der Waals surface area contributed by atoms with Gasteiger partial charge in [0.15, 0.2) is 0 Å². The zero-order valence-electron chi connectivity index (χ0n) is 11.3. The average Bonchev–Trinajstić information content (AvgIpc) is 2.28. The summed E-state index contributed by atoms with van der Waals surface area (Å²) in [6.45, 7) is 6.00. The maximum atomic E-state index is 12.4. The summed E-state index contributed by atoms with van der Waals surface area (Å²) in [5.74, 6) is 0.270. The maximum absolute atomic E-state index is 12.4. The SMILES string of the molecule is Cc1c(CO)cccc1S(=O)(=O)N(C)CC(C)C. The molecule has 0 bridgehead atoms. The molecular formula is C13H21NO3S. The molecule has 1 N–H and O–H groups in total. The number of hydrogen-bond donors (Lipinski definition) is 1. The third kappa shape index (κ3) is 3.10. The molecule has 0 amide bonds. The fourth-order valence-corrected chi connectivity index (χ4v) is 3.49. The Kier molecular flexibility index (Phi) is 4.90. The molecule has 0 radical (unpaired) electrons. The lowest BCUT2D eigenvalue weighted by atomic mass is 10.1. The van der Waals surface area contributed by atoms with Crippen LogP contribution in [0.1, 0.15) is 25.0 Å². The van der Waals surface area contributed by atoms with Gasteiger partial charge in [-0.25, -0.2) is 12.7 Å². The normalized spacial score (nSPS) is 12.4. The van der Waals surface area contributed by atoms with E-state index in [-0.39, 0.29) is 17.4 Å².